The highest BCUT2D eigenvalue weighted by Gasteiger charge is 2.44. The van der Waals surface area contributed by atoms with Crippen LogP contribution in [0.3, 0.4) is 0 Å². The Hall–Kier alpha value is -1.01. The number of primary amides is 1. The van der Waals surface area contributed by atoms with Crippen LogP contribution < -0.4 is 11.1 Å². The van der Waals surface area contributed by atoms with Gasteiger partial charge in [-0.1, -0.05) is 47.6 Å². The number of nitrogens with one attached hydrogen (secondary N) is 1. The molecular formula is C17H20Cl3N3O2. The van der Waals surface area contributed by atoms with Crippen molar-refractivity contribution in [2.75, 3.05) is 11.9 Å². The average Bonchev–Trinajstić information content (AvgIpc) is 2.91. The minimum atomic E-state index is -0.386. The molecule has 1 aliphatic heterocycles. The van der Waals surface area contributed by atoms with E-state index < -0.39 is 0 Å². The second kappa shape index (κ2) is 7.70. The SMILES string of the molecule is NC(=O)[C@@H]1C[C@H]2CCCC[C@@H]2N1CC(=O)Nc1cc(Cl)c(Cl)cc1Cl. The molecule has 0 unspecified atom stereocenters. The molecule has 136 valence electrons. The second-order valence-corrected chi connectivity index (χ2v) is 7.95. The Morgan fingerprint density at radius 1 is 1.12 bits per heavy atom. The Bertz CT molecular complexity index is 698. The van der Waals surface area contributed by atoms with Crippen molar-refractivity contribution in [1.82, 2.24) is 4.90 Å². The number of hydrogen-bond acceptors (Lipinski definition) is 3. The van der Waals surface area contributed by atoms with Crippen LogP contribution in [0.2, 0.25) is 15.1 Å². The number of nitrogens with zero attached hydrogens (tertiary/aromatic N) is 1. The van der Waals surface area contributed by atoms with Crippen molar-refractivity contribution in [3.63, 3.8) is 0 Å². The number of rotatable bonds is 4. The highest BCUT2D eigenvalue weighted by atomic mass is 35.5. The van der Waals surface area contributed by atoms with E-state index in [-0.39, 0.29) is 30.4 Å². The van der Waals surface area contributed by atoms with Gasteiger partial charge in [-0.25, -0.2) is 0 Å². The summed E-state index contributed by atoms with van der Waals surface area (Å²) in [4.78, 5) is 26.3. The first kappa shape index (κ1) is 18.8. The Morgan fingerprint density at radius 3 is 2.52 bits per heavy atom. The Balaban J connectivity index is 1.72. The molecule has 8 heteroatoms. The Kier molecular flexibility index (Phi) is 5.78. The molecule has 2 aliphatic rings. The average molecular weight is 405 g/mol. The predicted molar refractivity (Wildman–Crippen MR) is 100 cm³/mol. The summed E-state index contributed by atoms with van der Waals surface area (Å²) in [5, 5.41) is 3.70. The predicted octanol–water partition coefficient (Wildman–Crippen LogP) is 3.70. The van der Waals surface area contributed by atoms with Gasteiger partial charge in [0.15, 0.2) is 0 Å². The summed E-state index contributed by atoms with van der Waals surface area (Å²) < 4.78 is 0. The van der Waals surface area contributed by atoms with Gasteiger partial charge in [0.05, 0.1) is 33.3 Å². The number of amides is 2. The third-order valence-electron chi connectivity index (χ3n) is 5.16. The van der Waals surface area contributed by atoms with Crippen LogP contribution in [0.15, 0.2) is 12.1 Å². The minimum absolute atomic E-state index is 0.103. The lowest BCUT2D eigenvalue weighted by Gasteiger charge is -2.32. The lowest BCUT2D eigenvalue weighted by atomic mass is 9.84. The second-order valence-electron chi connectivity index (χ2n) is 6.73. The Labute approximate surface area is 161 Å². The maximum Gasteiger partial charge on any atom is 0.238 e. The van der Waals surface area contributed by atoms with E-state index in [0.29, 0.717) is 26.7 Å². The first-order chi connectivity index (χ1) is 11.9. The van der Waals surface area contributed by atoms with Gasteiger partial charge in [-0.2, -0.15) is 0 Å². The van der Waals surface area contributed by atoms with E-state index in [0.717, 1.165) is 25.7 Å². The van der Waals surface area contributed by atoms with Crippen LogP contribution in [0.1, 0.15) is 32.1 Å². The van der Waals surface area contributed by atoms with Gasteiger partial charge in [0.2, 0.25) is 11.8 Å². The number of hydrogen-bond donors (Lipinski definition) is 2. The van der Waals surface area contributed by atoms with Crippen molar-refractivity contribution in [2.45, 2.75) is 44.2 Å². The van der Waals surface area contributed by atoms with Gasteiger partial charge in [0.25, 0.3) is 0 Å². The molecule has 1 aromatic rings. The lowest BCUT2D eigenvalue weighted by molar-refractivity contribution is -0.124. The first-order valence-electron chi connectivity index (χ1n) is 8.36. The minimum Gasteiger partial charge on any atom is -0.368 e. The maximum atomic E-state index is 12.5. The van der Waals surface area contributed by atoms with Crippen molar-refractivity contribution < 1.29 is 9.59 Å². The molecule has 1 saturated heterocycles. The summed E-state index contributed by atoms with van der Waals surface area (Å²) >= 11 is 18.0. The molecule has 0 spiro atoms. The summed E-state index contributed by atoms with van der Waals surface area (Å²) in [5.74, 6) is -0.180. The van der Waals surface area contributed by atoms with E-state index in [9.17, 15) is 9.59 Å². The number of likely N-dealkylation sites (tertiary alicyclic amines) is 1. The number of nitrogens with two attached hydrogens (primary N) is 1. The summed E-state index contributed by atoms with van der Waals surface area (Å²) in [6, 6.07) is 2.85. The largest absolute Gasteiger partial charge is 0.368 e. The number of anilines is 1. The monoisotopic (exact) mass is 403 g/mol. The molecule has 1 saturated carbocycles. The summed E-state index contributed by atoms with van der Waals surface area (Å²) in [7, 11) is 0. The third kappa shape index (κ3) is 4.05. The maximum absolute atomic E-state index is 12.5. The summed E-state index contributed by atoms with van der Waals surface area (Å²) in [6.45, 7) is 0.103. The zero-order valence-corrected chi connectivity index (χ0v) is 15.9. The van der Waals surface area contributed by atoms with Gasteiger partial charge < -0.3 is 11.1 Å². The molecule has 0 aromatic heterocycles. The van der Waals surface area contributed by atoms with Gasteiger partial charge >= 0.3 is 0 Å². The van der Waals surface area contributed by atoms with Gasteiger partial charge in [-0.15, -0.1) is 0 Å². The lowest BCUT2D eigenvalue weighted by Crippen LogP contribution is -2.48. The van der Waals surface area contributed by atoms with E-state index in [4.69, 9.17) is 40.5 Å². The molecule has 0 bridgehead atoms. The van der Waals surface area contributed by atoms with Crippen LogP contribution in [0.25, 0.3) is 0 Å². The van der Waals surface area contributed by atoms with Crippen LogP contribution in [0, 0.1) is 5.92 Å². The quantitative estimate of drug-likeness (QED) is 0.751. The normalized spacial score (nSPS) is 26.3. The van der Waals surface area contributed by atoms with Crippen LogP contribution in [-0.4, -0.2) is 35.3 Å². The first-order valence-corrected chi connectivity index (χ1v) is 9.49. The molecule has 1 aromatic carbocycles. The fourth-order valence-corrected chi connectivity index (χ4v) is 4.63. The molecule has 2 amide bonds. The van der Waals surface area contributed by atoms with E-state index >= 15 is 0 Å². The molecule has 3 rings (SSSR count). The fraction of sp³-hybridized carbons (Fsp3) is 0.529. The van der Waals surface area contributed by atoms with Crippen LogP contribution in [0.5, 0.6) is 0 Å². The van der Waals surface area contributed by atoms with E-state index in [1.54, 1.807) is 0 Å². The molecule has 2 fully saturated rings. The van der Waals surface area contributed by atoms with E-state index in [2.05, 4.69) is 5.32 Å². The highest BCUT2D eigenvalue weighted by Crippen LogP contribution is 2.39. The molecule has 1 aliphatic carbocycles. The molecule has 5 nitrogen and oxygen atoms in total. The van der Waals surface area contributed by atoms with Crippen molar-refractivity contribution in [2.24, 2.45) is 11.7 Å². The number of carbonyl (C=O) groups is 2. The van der Waals surface area contributed by atoms with Crippen LogP contribution >= 0.6 is 34.8 Å². The zero-order valence-electron chi connectivity index (χ0n) is 13.6. The van der Waals surface area contributed by atoms with Gasteiger partial charge in [-0.3, -0.25) is 14.5 Å². The molecule has 0 radical (unpaired) electrons. The van der Waals surface area contributed by atoms with Crippen molar-refractivity contribution in [3.8, 4) is 0 Å². The van der Waals surface area contributed by atoms with Crippen LogP contribution in [0.4, 0.5) is 5.69 Å². The standard InChI is InChI=1S/C17H20Cl3N3O2/c18-10-6-12(20)13(7-11(10)19)22-16(24)8-23-14-4-2-1-3-9(14)5-15(23)17(21)25/h6-7,9,14-15H,1-5,8H2,(H2,21,25)(H,22,24)/t9-,14+,15+/m1/s1. The summed E-state index contributed by atoms with van der Waals surface area (Å²) in [6.07, 6.45) is 5.11. The Morgan fingerprint density at radius 2 is 1.80 bits per heavy atom. The molecule has 25 heavy (non-hydrogen) atoms. The molecular weight excluding hydrogens is 385 g/mol. The van der Waals surface area contributed by atoms with Crippen molar-refractivity contribution >= 4 is 52.3 Å². The summed E-state index contributed by atoms with van der Waals surface area (Å²) in [5.41, 5.74) is 5.96. The zero-order chi connectivity index (χ0) is 18.1. The highest BCUT2D eigenvalue weighted by molar-refractivity contribution is 6.44. The third-order valence-corrected chi connectivity index (χ3v) is 6.19. The number of fused-ring (bicyclic) bond motifs is 1. The fourth-order valence-electron chi connectivity index (χ4n) is 4.03. The number of carbonyl (C=O) groups excluding carboxylic acids is 2. The number of halogens is 3. The van der Waals surface area contributed by atoms with Gasteiger partial charge in [-0.05, 0) is 37.3 Å². The molecule has 3 N–H and O–H groups in total. The van der Waals surface area contributed by atoms with Crippen molar-refractivity contribution in [1.29, 1.82) is 0 Å². The van der Waals surface area contributed by atoms with E-state index in [1.165, 1.54) is 18.6 Å². The molecule has 3 atom stereocenters. The molecule has 1 heterocycles. The van der Waals surface area contributed by atoms with Crippen LogP contribution in [-0.2, 0) is 9.59 Å². The topological polar surface area (TPSA) is 75.4 Å². The van der Waals surface area contributed by atoms with Gasteiger partial charge in [0, 0.05) is 6.04 Å². The van der Waals surface area contributed by atoms with Gasteiger partial charge in [0.1, 0.15) is 0 Å². The van der Waals surface area contributed by atoms with E-state index in [1.807, 2.05) is 4.90 Å². The number of benzene rings is 1. The smallest absolute Gasteiger partial charge is 0.238 e. The van der Waals surface area contributed by atoms with Crippen molar-refractivity contribution in [3.05, 3.63) is 27.2 Å².